The van der Waals surface area contributed by atoms with Gasteiger partial charge in [0.1, 0.15) is 16.6 Å². The molecule has 0 unspecified atom stereocenters. The lowest BCUT2D eigenvalue weighted by Gasteiger charge is -2.21. The Morgan fingerprint density at radius 2 is 1.89 bits per heavy atom. The molecular weight excluding hydrogens is 378 g/mol. The van der Waals surface area contributed by atoms with Gasteiger partial charge in [-0.05, 0) is 31.5 Å². The minimum absolute atomic E-state index is 0.160. The topological polar surface area (TPSA) is 60.2 Å². The van der Waals surface area contributed by atoms with Gasteiger partial charge in [0.05, 0.1) is 17.8 Å². The van der Waals surface area contributed by atoms with Crippen molar-refractivity contribution in [3.8, 4) is 11.3 Å². The summed E-state index contributed by atoms with van der Waals surface area (Å²) in [5.74, 6) is 0.402. The molecule has 0 saturated carbocycles. The van der Waals surface area contributed by atoms with Crippen LogP contribution in [-0.2, 0) is 0 Å². The third-order valence-corrected chi connectivity index (χ3v) is 5.85. The van der Waals surface area contributed by atoms with Gasteiger partial charge in [-0.2, -0.15) is 0 Å². The number of aryl methyl sites for hydroxylation is 2. The van der Waals surface area contributed by atoms with Crippen LogP contribution in [0.3, 0.4) is 0 Å². The minimum Gasteiger partial charge on any atom is -0.510 e. The van der Waals surface area contributed by atoms with Gasteiger partial charge in [-0.25, -0.2) is 4.98 Å². The molecule has 0 atom stereocenters. The maximum Gasteiger partial charge on any atom is 0.139 e. The van der Waals surface area contributed by atoms with E-state index in [0.717, 1.165) is 27.4 Å². The molecule has 4 rings (SSSR count). The molecule has 0 spiro atoms. The summed E-state index contributed by atoms with van der Waals surface area (Å²) in [5, 5.41) is 20.5. The quantitative estimate of drug-likeness (QED) is 0.585. The predicted octanol–water partition coefficient (Wildman–Crippen LogP) is 5.85. The van der Waals surface area contributed by atoms with Crippen molar-refractivity contribution in [2.24, 2.45) is 0 Å². The Balaban J connectivity index is 1.72. The van der Waals surface area contributed by atoms with E-state index in [-0.39, 0.29) is 18.1 Å². The lowest BCUT2D eigenvalue weighted by Crippen LogP contribution is -2.26. The lowest BCUT2D eigenvalue weighted by atomic mass is 10.1. The Labute approximate surface area is 166 Å². The van der Waals surface area contributed by atoms with E-state index in [0.29, 0.717) is 15.6 Å². The zero-order chi connectivity index (χ0) is 19.1. The number of hydrogen-bond donors (Lipinski definition) is 2. The number of aliphatic hydroxyl groups excluding tert-OH is 1. The van der Waals surface area contributed by atoms with Gasteiger partial charge in [0.2, 0.25) is 0 Å². The van der Waals surface area contributed by atoms with Crippen molar-refractivity contribution in [3.63, 3.8) is 0 Å². The third-order valence-electron chi connectivity index (χ3n) is 4.62. The molecule has 1 aliphatic heterocycles. The maximum atomic E-state index is 10.6. The Kier molecular flexibility index (Phi) is 4.50. The number of thiazole rings is 1. The summed E-state index contributed by atoms with van der Waals surface area (Å²) >= 11 is 7.64. The first-order valence-corrected chi connectivity index (χ1v) is 9.73. The second-order valence-corrected chi connectivity index (χ2v) is 8.12. The summed E-state index contributed by atoms with van der Waals surface area (Å²) < 4.78 is 0. The molecule has 2 N–H and O–H groups in total. The van der Waals surface area contributed by atoms with E-state index in [1.807, 2.05) is 62.4 Å². The van der Waals surface area contributed by atoms with Gasteiger partial charge >= 0.3 is 0 Å². The Morgan fingerprint density at radius 1 is 1.15 bits per heavy atom. The fourth-order valence-corrected chi connectivity index (χ4v) is 4.42. The van der Waals surface area contributed by atoms with Crippen molar-refractivity contribution in [1.29, 1.82) is 5.41 Å². The summed E-state index contributed by atoms with van der Waals surface area (Å²) in [6, 6.07) is 15.5. The predicted molar refractivity (Wildman–Crippen MR) is 113 cm³/mol. The largest absolute Gasteiger partial charge is 0.510 e. The molecule has 0 amide bonds. The molecule has 1 aromatic heterocycles. The molecule has 0 fully saturated rings. The summed E-state index contributed by atoms with van der Waals surface area (Å²) in [4.78, 5) is 7.56. The van der Waals surface area contributed by atoms with Crippen molar-refractivity contribution in [1.82, 2.24) is 4.98 Å². The SMILES string of the molecule is Cc1ccc(Cl)cc1N1CC(O)=C(c2nc(-c3ccccc3)c(C)s2)C1=N. The van der Waals surface area contributed by atoms with E-state index < -0.39 is 0 Å². The average Bonchev–Trinajstić information content (AvgIpc) is 3.17. The highest BCUT2D eigenvalue weighted by atomic mass is 35.5. The monoisotopic (exact) mass is 395 g/mol. The van der Waals surface area contributed by atoms with Gasteiger partial charge < -0.3 is 10.0 Å². The number of rotatable bonds is 3. The van der Waals surface area contributed by atoms with Crippen LogP contribution in [0.4, 0.5) is 5.69 Å². The molecule has 0 aliphatic carbocycles. The van der Waals surface area contributed by atoms with Crippen LogP contribution >= 0.6 is 22.9 Å². The summed E-state index contributed by atoms with van der Waals surface area (Å²) in [6.45, 7) is 4.22. The summed E-state index contributed by atoms with van der Waals surface area (Å²) in [5.41, 5.74) is 4.24. The number of amidine groups is 1. The van der Waals surface area contributed by atoms with Gasteiger partial charge in [-0.1, -0.05) is 48.0 Å². The van der Waals surface area contributed by atoms with E-state index in [9.17, 15) is 5.11 Å². The smallest absolute Gasteiger partial charge is 0.139 e. The second-order valence-electron chi connectivity index (χ2n) is 6.48. The molecule has 4 nitrogen and oxygen atoms in total. The highest BCUT2D eigenvalue weighted by Gasteiger charge is 2.32. The molecule has 2 heterocycles. The average molecular weight is 396 g/mol. The molecule has 136 valence electrons. The van der Waals surface area contributed by atoms with Gasteiger partial charge in [0.25, 0.3) is 0 Å². The van der Waals surface area contributed by atoms with Crippen molar-refractivity contribution in [2.45, 2.75) is 13.8 Å². The molecule has 1 aliphatic rings. The Hall–Kier alpha value is -2.63. The zero-order valence-corrected chi connectivity index (χ0v) is 16.5. The van der Waals surface area contributed by atoms with Crippen molar-refractivity contribution in [3.05, 3.63) is 74.8 Å². The van der Waals surface area contributed by atoms with Crippen LogP contribution in [0.1, 0.15) is 15.4 Å². The number of hydrogen-bond acceptors (Lipinski definition) is 4. The van der Waals surface area contributed by atoms with E-state index in [2.05, 4.69) is 0 Å². The Morgan fingerprint density at radius 3 is 2.63 bits per heavy atom. The second kappa shape index (κ2) is 6.83. The highest BCUT2D eigenvalue weighted by molar-refractivity contribution is 7.13. The van der Waals surface area contributed by atoms with Crippen LogP contribution in [0.5, 0.6) is 0 Å². The third kappa shape index (κ3) is 3.13. The van der Waals surface area contributed by atoms with Crippen LogP contribution in [0, 0.1) is 19.3 Å². The molecule has 0 radical (unpaired) electrons. The highest BCUT2D eigenvalue weighted by Crippen LogP contribution is 2.37. The fraction of sp³-hybridized carbons (Fsp3) is 0.143. The lowest BCUT2D eigenvalue weighted by molar-refractivity contribution is 0.411. The van der Waals surface area contributed by atoms with Crippen LogP contribution in [0.2, 0.25) is 5.02 Å². The zero-order valence-electron chi connectivity index (χ0n) is 15.0. The molecule has 3 aromatic rings. The molecule has 2 aromatic carbocycles. The first-order chi connectivity index (χ1) is 13.0. The molecular formula is C21H18ClN3OS. The first kappa shape index (κ1) is 17.8. The van der Waals surface area contributed by atoms with E-state index in [4.69, 9.17) is 22.0 Å². The summed E-state index contributed by atoms with van der Waals surface area (Å²) in [7, 11) is 0. The summed E-state index contributed by atoms with van der Waals surface area (Å²) in [6.07, 6.45) is 0. The number of benzene rings is 2. The normalized spacial score (nSPS) is 14.3. The number of aliphatic hydroxyl groups is 1. The maximum absolute atomic E-state index is 10.6. The molecule has 6 heteroatoms. The van der Waals surface area contributed by atoms with Crippen molar-refractivity contribution >= 4 is 40.0 Å². The van der Waals surface area contributed by atoms with Crippen LogP contribution in [0.25, 0.3) is 16.8 Å². The first-order valence-electron chi connectivity index (χ1n) is 8.53. The van der Waals surface area contributed by atoms with Gasteiger partial charge in [0, 0.05) is 21.2 Å². The van der Waals surface area contributed by atoms with E-state index >= 15 is 0 Å². The Bertz CT molecular complexity index is 1070. The number of nitrogens with zero attached hydrogens (tertiary/aromatic N) is 2. The van der Waals surface area contributed by atoms with Crippen LogP contribution < -0.4 is 4.90 Å². The van der Waals surface area contributed by atoms with Gasteiger partial charge in [-0.15, -0.1) is 11.3 Å². The number of halogens is 1. The fourth-order valence-electron chi connectivity index (χ4n) is 3.25. The van der Waals surface area contributed by atoms with Crippen molar-refractivity contribution in [2.75, 3.05) is 11.4 Å². The van der Waals surface area contributed by atoms with E-state index in [1.165, 1.54) is 11.3 Å². The molecule has 27 heavy (non-hydrogen) atoms. The van der Waals surface area contributed by atoms with Gasteiger partial charge in [-0.3, -0.25) is 5.41 Å². The number of anilines is 1. The molecule has 0 bridgehead atoms. The standard InChI is InChI=1S/C21H18ClN3OS/c1-12-8-9-15(22)10-16(12)25-11-17(26)18(20(25)23)21-24-19(13(2)27-21)14-6-4-3-5-7-14/h3-10,23,26H,11H2,1-2H3. The van der Waals surface area contributed by atoms with Crippen molar-refractivity contribution < 1.29 is 5.11 Å². The van der Waals surface area contributed by atoms with Crippen LogP contribution in [-0.4, -0.2) is 22.5 Å². The minimum atomic E-state index is 0.160. The van der Waals surface area contributed by atoms with Gasteiger partial charge in [0.15, 0.2) is 0 Å². The van der Waals surface area contributed by atoms with Crippen LogP contribution in [0.15, 0.2) is 54.3 Å². The van der Waals surface area contributed by atoms with E-state index in [1.54, 1.807) is 4.90 Å². The number of nitrogens with one attached hydrogen (secondary N) is 1. The number of aromatic nitrogens is 1. The molecule has 0 saturated heterocycles.